The summed E-state index contributed by atoms with van der Waals surface area (Å²) in [4.78, 5) is 0. The molecule has 0 amide bonds. The summed E-state index contributed by atoms with van der Waals surface area (Å²) in [5.41, 5.74) is 1.35. The van der Waals surface area contributed by atoms with Crippen molar-refractivity contribution < 1.29 is 15.3 Å². The van der Waals surface area contributed by atoms with Gasteiger partial charge in [0, 0.05) is 5.41 Å². The van der Waals surface area contributed by atoms with Gasteiger partial charge in [-0.25, -0.2) is 0 Å². The van der Waals surface area contributed by atoms with Gasteiger partial charge in [-0.2, -0.15) is 0 Å². The fourth-order valence-electron chi connectivity index (χ4n) is 6.70. The van der Waals surface area contributed by atoms with E-state index in [1.54, 1.807) is 0 Å². The minimum Gasteiger partial charge on any atom is -0.395 e. The van der Waals surface area contributed by atoms with Crippen LogP contribution in [0.25, 0.3) is 0 Å². The number of hydrogen-bond acceptors (Lipinski definition) is 3. The summed E-state index contributed by atoms with van der Waals surface area (Å²) in [6.45, 7) is 2.53. The predicted octanol–water partition coefficient (Wildman–Crippen LogP) is 2.64. The average molecular weight is 306 g/mol. The molecule has 7 atom stereocenters. The molecule has 4 rings (SSSR count). The van der Waals surface area contributed by atoms with Crippen LogP contribution in [0.1, 0.15) is 58.3 Å². The number of fused-ring (bicyclic) bond motifs is 5. The fourth-order valence-corrected chi connectivity index (χ4v) is 6.70. The maximum absolute atomic E-state index is 10.5. The Balaban J connectivity index is 1.70. The van der Waals surface area contributed by atoms with Crippen molar-refractivity contribution in [3.05, 3.63) is 11.6 Å². The lowest BCUT2D eigenvalue weighted by atomic mass is 9.47. The summed E-state index contributed by atoms with van der Waals surface area (Å²) >= 11 is 0. The van der Waals surface area contributed by atoms with Crippen LogP contribution in [0.15, 0.2) is 11.6 Å². The highest BCUT2D eigenvalue weighted by Gasteiger charge is 2.59. The fraction of sp³-hybridized carbons (Fsp3) is 0.895. The van der Waals surface area contributed by atoms with Gasteiger partial charge >= 0.3 is 0 Å². The van der Waals surface area contributed by atoms with Gasteiger partial charge in [-0.15, -0.1) is 0 Å². The highest BCUT2D eigenvalue weighted by Crippen LogP contribution is 2.64. The number of rotatable bonds is 1. The molecule has 3 fully saturated rings. The first-order chi connectivity index (χ1) is 10.5. The first-order valence-corrected chi connectivity index (χ1v) is 9.18. The normalized spacial score (nSPS) is 54.2. The highest BCUT2D eigenvalue weighted by molar-refractivity contribution is 5.26. The summed E-state index contributed by atoms with van der Waals surface area (Å²) in [5.74, 6) is 1.77. The van der Waals surface area contributed by atoms with Crippen molar-refractivity contribution in [3.8, 4) is 0 Å². The first kappa shape index (κ1) is 15.2. The van der Waals surface area contributed by atoms with Gasteiger partial charge in [0.25, 0.3) is 0 Å². The van der Waals surface area contributed by atoms with E-state index in [4.69, 9.17) is 0 Å². The van der Waals surface area contributed by atoms with Crippen molar-refractivity contribution in [2.24, 2.45) is 28.6 Å². The van der Waals surface area contributed by atoms with E-state index in [2.05, 4.69) is 13.0 Å². The van der Waals surface area contributed by atoms with Crippen LogP contribution in [0.3, 0.4) is 0 Å². The zero-order valence-electron chi connectivity index (χ0n) is 13.7. The van der Waals surface area contributed by atoms with Crippen molar-refractivity contribution in [1.29, 1.82) is 0 Å². The molecule has 0 heterocycles. The molecule has 3 heteroatoms. The molecule has 0 unspecified atom stereocenters. The maximum Gasteiger partial charge on any atom is 0.0596 e. The van der Waals surface area contributed by atoms with Crippen LogP contribution in [0.5, 0.6) is 0 Å². The van der Waals surface area contributed by atoms with Crippen molar-refractivity contribution in [1.82, 2.24) is 0 Å². The average Bonchev–Trinajstić information content (AvgIpc) is 2.82. The Bertz CT molecular complexity index is 487. The molecule has 3 N–H and O–H groups in total. The molecule has 0 aromatic heterocycles. The van der Waals surface area contributed by atoms with Gasteiger partial charge in [0.1, 0.15) is 0 Å². The molecule has 0 bridgehead atoms. The van der Waals surface area contributed by atoms with Gasteiger partial charge in [0.15, 0.2) is 0 Å². The zero-order valence-corrected chi connectivity index (χ0v) is 13.7. The van der Waals surface area contributed by atoms with E-state index in [1.807, 2.05) is 0 Å². The summed E-state index contributed by atoms with van der Waals surface area (Å²) in [6, 6.07) is 0. The van der Waals surface area contributed by atoms with Gasteiger partial charge in [-0.3, -0.25) is 0 Å². The monoisotopic (exact) mass is 306 g/mol. The van der Waals surface area contributed by atoms with Crippen LogP contribution in [0.4, 0.5) is 0 Å². The second-order valence-corrected chi connectivity index (χ2v) is 8.69. The number of aliphatic hydroxyl groups excluding tert-OH is 3. The maximum atomic E-state index is 10.5. The number of aliphatic hydroxyl groups is 3. The summed E-state index contributed by atoms with van der Waals surface area (Å²) < 4.78 is 0. The topological polar surface area (TPSA) is 60.7 Å². The van der Waals surface area contributed by atoms with Crippen LogP contribution in [0.2, 0.25) is 0 Å². The molecule has 4 aliphatic rings. The lowest BCUT2D eigenvalue weighted by Gasteiger charge is -2.58. The summed E-state index contributed by atoms with van der Waals surface area (Å²) in [5, 5.41) is 30.8. The molecule has 0 aliphatic heterocycles. The Morgan fingerprint density at radius 3 is 2.68 bits per heavy atom. The van der Waals surface area contributed by atoms with E-state index < -0.39 is 0 Å². The molecule has 0 radical (unpaired) electrons. The molecule has 3 saturated carbocycles. The smallest absolute Gasteiger partial charge is 0.0596 e. The van der Waals surface area contributed by atoms with Crippen molar-refractivity contribution in [3.63, 3.8) is 0 Å². The Morgan fingerprint density at radius 1 is 1.09 bits per heavy atom. The predicted molar refractivity (Wildman–Crippen MR) is 85.1 cm³/mol. The quantitative estimate of drug-likeness (QED) is 0.653. The Labute approximate surface area is 133 Å². The molecule has 0 aromatic carbocycles. The largest absolute Gasteiger partial charge is 0.395 e. The molecule has 3 nitrogen and oxygen atoms in total. The van der Waals surface area contributed by atoms with E-state index in [0.29, 0.717) is 17.8 Å². The molecule has 4 aliphatic carbocycles. The van der Waals surface area contributed by atoms with Crippen molar-refractivity contribution in [2.75, 3.05) is 6.61 Å². The van der Waals surface area contributed by atoms with Crippen molar-refractivity contribution in [2.45, 2.75) is 70.5 Å². The summed E-state index contributed by atoms with van der Waals surface area (Å²) in [7, 11) is 0. The first-order valence-electron chi connectivity index (χ1n) is 9.18. The standard InChI is InChI=1S/C19H30O3/c1-18-8-7-16-14(15(18)4-5-17(18)22)3-2-12-10-13(21)6-9-19(12,16)11-20/h2,13-17,20-22H,3-11H2,1H3/t13-,14-,15-,16+,17-,18-,19+/m0/s1. The minimum absolute atomic E-state index is 0.0724. The lowest BCUT2D eigenvalue weighted by Crippen LogP contribution is -2.53. The Hall–Kier alpha value is -0.380. The third kappa shape index (κ3) is 1.85. The molecule has 0 saturated heterocycles. The van der Waals surface area contributed by atoms with Gasteiger partial charge in [0.2, 0.25) is 0 Å². The van der Waals surface area contributed by atoms with Crippen LogP contribution >= 0.6 is 0 Å². The van der Waals surface area contributed by atoms with Gasteiger partial charge in [0.05, 0.1) is 18.8 Å². The molecule has 0 spiro atoms. The van der Waals surface area contributed by atoms with Gasteiger partial charge in [-0.1, -0.05) is 18.6 Å². The van der Waals surface area contributed by atoms with Crippen LogP contribution in [-0.2, 0) is 0 Å². The number of allylic oxidation sites excluding steroid dienone is 1. The third-order valence-corrected chi connectivity index (χ3v) is 8.03. The SMILES string of the molecule is C[C@]12CC[C@@H]3[C@@H](CC=C4C[C@@H](O)CC[C@@]43CO)[C@@H]1CC[C@@H]2O. The van der Waals surface area contributed by atoms with Gasteiger partial charge in [-0.05, 0) is 74.5 Å². The lowest BCUT2D eigenvalue weighted by molar-refractivity contribution is -0.0889. The van der Waals surface area contributed by atoms with E-state index >= 15 is 0 Å². The van der Waals surface area contributed by atoms with Gasteiger partial charge < -0.3 is 15.3 Å². The highest BCUT2D eigenvalue weighted by atomic mass is 16.3. The third-order valence-electron chi connectivity index (χ3n) is 8.03. The van der Waals surface area contributed by atoms with Crippen LogP contribution in [0, 0.1) is 28.6 Å². The van der Waals surface area contributed by atoms with E-state index in [0.717, 1.165) is 51.4 Å². The molecular formula is C19H30O3. The summed E-state index contributed by atoms with van der Waals surface area (Å²) in [6.07, 6.45) is 9.91. The molecule has 0 aromatic rings. The van der Waals surface area contributed by atoms with Crippen LogP contribution in [-0.4, -0.2) is 34.1 Å². The van der Waals surface area contributed by atoms with Crippen molar-refractivity contribution >= 4 is 0 Å². The van der Waals surface area contributed by atoms with E-state index in [9.17, 15) is 15.3 Å². The molecular weight excluding hydrogens is 276 g/mol. The second-order valence-electron chi connectivity index (χ2n) is 8.69. The minimum atomic E-state index is -0.218. The Kier molecular flexibility index (Phi) is 3.49. The molecule has 124 valence electrons. The Morgan fingerprint density at radius 2 is 1.91 bits per heavy atom. The van der Waals surface area contributed by atoms with E-state index in [1.165, 1.54) is 5.57 Å². The van der Waals surface area contributed by atoms with E-state index in [-0.39, 0.29) is 29.6 Å². The second kappa shape index (κ2) is 5.06. The number of hydrogen-bond donors (Lipinski definition) is 3. The van der Waals surface area contributed by atoms with Crippen LogP contribution < -0.4 is 0 Å². The molecule has 22 heavy (non-hydrogen) atoms. The zero-order chi connectivity index (χ0) is 15.5.